The molecule has 4 atom stereocenters. The minimum atomic E-state index is -2.45. The van der Waals surface area contributed by atoms with Gasteiger partial charge >= 0.3 is 61.1 Å². The van der Waals surface area contributed by atoms with Crippen LogP contribution in [0.25, 0.3) is 0 Å². The van der Waals surface area contributed by atoms with Gasteiger partial charge in [-0.1, -0.05) is 0 Å². The zero-order valence-corrected chi connectivity index (χ0v) is 8.15. The molecule has 64 valence electrons. The molecule has 0 saturated carbocycles. The first-order chi connectivity index (χ1) is 5.55. The Labute approximate surface area is 61.4 Å². The normalized spacial score (nSPS) is 164. The van der Waals surface area contributed by atoms with E-state index in [-0.39, 0.29) is 0 Å². The Balaban J connectivity index is 2.31. The van der Waals surface area contributed by atoms with Crippen molar-refractivity contribution in [3.8, 4) is 0 Å². The summed E-state index contributed by atoms with van der Waals surface area (Å²) in [5.74, 6) is 0. The summed E-state index contributed by atoms with van der Waals surface area (Å²) in [7, 11) is 0. The van der Waals surface area contributed by atoms with Crippen LogP contribution in [0.3, 0.4) is 0 Å². The van der Waals surface area contributed by atoms with Gasteiger partial charge in [0, 0.05) is 0 Å². The van der Waals surface area contributed by atoms with Crippen molar-refractivity contribution in [3.63, 3.8) is 0 Å². The molecular weight excluding hydrogens is 188 g/mol. The van der Waals surface area contributed by atoms with E-state index in [1.165, 1.54) is 13.9 Å². The molecule has 0 nitrogen and oxygen atoms in total. The van der Waals surface area contributed by atoms with Crippen molar-refractivity contribution in [1.82, 2.24) is 0 Å². The first kappa shape index (κ1) is 3.59. The second-order valence-corrected chi connectivity index (χ2v) is 33.9. The van der Waals surface area contributed by atoms with Gasteiger partial charge in [-0.2, -0.15) is 0 Å². The van der Waals surface area contributed by atoms with Crippen molar-refractivity contribution >= 4 is 0 Å². The van der Waals surface area contributed by atoms with Crippen molar-refractivity contribution in [2.45, 2.75) is 54.6 Å². The van der Waals surface area contributed by atoms with Crippen LogP contribution in [0.1, 0.15) is 6.92 Å². The molecule has 0 aromatic carbocycles. The zero-order valence-electron chi connectivity index (χ0n) is 7.05. The summed E-state index contributed by atoms with van der Waals surface area (Å²) in [5, 5.41) is 0. The van der Waals surface area contributed by atoms with Gasteiger partial charge in [0.1, 0.15) is 0 Å². The molecule has 10 aliphatic heterocycles. The van der Waals surface area contributed by atoms with Gasteiger partial charge in [-0.15, -0.1) is 0 Å². The molecule has 0 aromatic rings. The summed E-state index contributed by atoms with van der Waals surface area (Å²) >= 11 is 0. The number of hydrogen-bond donors (Lipinski definition) is 0. The van der Waals surface area contributed by atoms with E-state index in [9.17, 15) is 0 Å². The van der Waals surface area contributed by atoms with Crippen LogP contribution in [0.2, 0.25) is 47.7 Å². The van der Waals surface area contributed by atoms with Crippen molar-refractivity contribution < 1.29 is 6.51 Å². The van der Waals surface area contributed by atoms with Gasteiger partial charge in [-0.05, 0) is 0 Å². The van der Waals surface area contributed by atoms with E-state index in [1.54, 1.807) is 33.7 Å². The van der Waals surface area contributed by atoms with Gasteiger partial charge in [0.25, 0.3) is 0 Å². The Kier molecular flexibility index (Phi) is 0.0618. The summed E-state index contributed by atoms with van der Waals surface area (Å²) in [6, 6.07) is 0. The van der Waals surface area contributed by atoms with Crippen molar-refractivity contribution in [2.24, 2.45) is 0 Å². The molecular formula is C11H12Fe. The van der Waals surface area contributed by atoms with E-state index in [0.717, 1.165) is 0 Å². The fourth-order valence-electron chi connectivity index (χ4n) is 17.3. The SMILES string of the molecule is C[C]12[CH]3[CH]4[CH]5[CH]1[Fe]45321678[CH]2[CH]1[CH]6[CH]7[CH]28. The Morgan fingerprint density at radius 1 is 0.750 bits per heavy atom. The number of fused-ring (bicyclic) bond motifs is 10. The van der Waals surface area contributed by atoms with E-state index >= 15 is 0 Å². The average Bonchev–Trinajstić information content (AvgIpc) is 2.97. The van der Waals surface area contributed by atoms with Crippen LogP contribution in [0, 0.1) is 0 Å². The Hall–Kier alpha value is 0.519. The fourth-order valence-corrected chi connectivity index (χ4v) is 92.6. The van der Waals surface area contributed by atoms with Gasteiger partial charge in [-0.3, -0.25) is 0 Å². The number of hydrogen-bond acceptors (Lipinski definition) is 0. The molecule has 0 N–H and O–H groups in total. The van der Waals surface area contributed by atoms with Crippen LogP contribution < -0.4 is 0 Å². The average molecular weight is 200 g/mol. The van der Waals surface area contributed by atoms with Gasteiger partial charge in [0.2, 0.25) is 0 Å². The molecule has 0 radical (unpaired) electrons. The van der Waals surface area contributed by atoms with Gasteiger partial charge in [0.15, 0.2) is 0 Å². The zero-order chi connectivity index (χ0) is 7.01. The third kappa shape index (κ3) is 0.0209. The third-order valence-corrected chi connectivity index (χ3v) is 59.2. The van der Waals surface area contributed by atoms with Crippen molar-refractivity contribution in [3.05, 3.63) is 0 Å². The summed E-state index contributed by atoms with van der Waals surface area (Å²) in [4.78, 5) is 14.0. The molecule has 10 heterocycles. The molecule has 10 aliphatic rings. The first-order valence-electron chi connectivity index (χ1n) is 5.76. The molecule has 10 rings (SSSR count). The van der Waals surface area contributed by atoms with Crippen LogP contribution in [0.5, 0.6) is 0 Å². The Bertz CT molecular complexity index is 750. The molecule has 12 heavy (non-hydrogen) atoms. The summed E-state index contributed by atoms with van der Waals surface area (Å²) in [5.41, 5.74) is 0. The van der Waals surface area contributed by atoms with Crippen LogP contribution in [-0.2, 0) is 6.51 Å². The monoisotopic (exact) mass is 200 g/mol. The third-order valence-electron chi connectivity index (χ3n) is 15.4. The maximum absolute atomic E-state index is 2.82. The van der Waals surface area contributed by atoms with E-state index in [1.807, 2.05) is 0 Å². The molecule has 1 heteroatoms. The molecule has 1 spiro atoms. The predicted molar refractivity (Wildman–Crippen MR) is 42.1 cm³/mol. The molecule has 0 amide bonds. The number of rotatable bonds is 0. The van der Waals surface area contributed by atoms with Gasteiger partial charge in [0.05, 0.1) is 0 Å². The quantitative estimate of drug-likeness (QED) is 0.522. The van der Waals surface area contributed by atoms with Crippen molar-refractivity contribution in [2.75, 3.05) is 0 Å². The van der Waals surface area contributed by atoms with Crippen LogP contribution >= 0.6 is 0 Å². The Morgan fingerprint density at radius 2 is 1.17 bits per heavy atom. The van der Waals surface area contributed by atoms with Crippen LogP contribution in [0.15, 0.2) is 0 Å². The molecule has 10 fully saturated rings. The summed E-state index contributed by atoms with van der Waals surface area (Å²) < 4.78 is 1.19. The Morgan fingerprint density at radius 3 is 1.17 bits per heavy atom. The second kappa shape index (κ2) is 0.207. The van der Waals surface area contributed by atoms with Crippen molar-refractivity contribution in [1.29, 1.82) is 0 Å². The first-order valence-corrected chi connectivity index (χ1v) is 12.0. The van der Waals surface area contributed by atoms with E-state index < -0.39 is 6.51 Å². The fraction of sp³-hybridized carbons (Fsp3) is 1.00. The summed E-state index contributed by atoms with van der Waals surface area (Å²) in [6.07, 6.45) is 0. The van der Waals surface area contributed by atoms with E-state index in [2.05, 4.69) is 6.92 Å². The summed E-state index contributed by atoms with van der Waals surface area (Å²) in [6.45, 7) is 0.365. The second-order valence-electron chi connectivity index (χ2n) is 10.1. The molecule has 10 saturated heterocycles. The molecule has 4 unspecified atom stereocenters. The van der Waals surface area contributed by atoms with Crippen LogP contribution in [0.4, 0.5) is 0 Å². The standard InChI is InChI=1S/C6H7.C5H5.Fe/c1-6-4-2-3-5-6;1-2-4-5-3-1;/h2-5H,1H3;1-5H;. The van der Waals surface area contributed by atoms with Gasteiger partial charge < -0.3 is 0 Å². The maximum atomic E-state index is 2.82. The minimum absolute atomic E-state index is 1.19. The van der Waals surface area contributed by atoms with Crippen LogP contribution in [-0.4, -0.2) is 0 Å². The van der Waals surface area contributed by atoms with E-state index in [0.29, 0.717) is 0 Å². The molecule has 0 aliphatic carbocycles. The molecule has 0 aromatic heterocycles. The topological polar surface area (TPSA) is 0 Å². The van der Waals surface area contributed by atoms with E-state index in [4.69, 9.17) is 0 Å². The molecule has 0 bridgehead atoms. The predicted octanol–water partition coefficient (Wildman–Crippen LogP) is 3.77. The van der Waals surface area contributed by atoms with Gasteiger partial charge in [-0.25, -0.2) is 0 Å².